The number of rotatable bonds is 8. The van der Waals surface area contributed by atoms with Crippen LogP contribution in [0.15, 0.2) is 6.07 Å². The van der Waals surface area contributed by atoms with E-state index in [1.54, 1.807) is 11.9 Å². The zero-order valence-corrected chi connectivity index (χ0v) is 12.6. The van der Waals surface area contributed by atoms with Gasteiger partial charge in [0.05, 0.1) is 10.6 Å². The van der Waals surface area contributed by atoms with Crippen molar-refractivity contribution >= 4 is 17.2 Å². The molecule has 1 aromatic rings. The van der Waals surface area contributed by atoms with Crippen LogP contribution < -0.4 is 15.4 Å². The van der Waals surface area contributed by atoms with Crippen LogP contribution >= 0.6 is 0 Å². The Labute approximate surface area is 126 Å². The third-order valence-electron chi connectivity index (χ3n) is 2.76. The fourth-order valence-corrected chi connectivity index (χ4v) is 1.63. The van der Waals surface area contributed by atoms with Gasteiger partial charge < -0.3 is 20.3 Å². The number of likely N-dealkylation sites (N-methyl/N-ethyl adjacent to an activating group) is 2. The van der Waals surface area contributed by atoms with E-state index in [2.05, 4.69) is 4.98 Å². The van der Waals surface area contributed by atoms with Gasteiger partial charge in [-0.25, -0.2) is 8.78 Å². The van der Waals surface area contributed by atoms with Gasteiger partial charge >= 0.3 is 5.69 Å². The molecule has 22 heavy (non-hydrogen) atoms. The molecule has 0 bridgehead atoms. The van der Waals surface area contributed by atoms with Crippen LogP contribution in [0.25, 0.3) is 0 Å². The molecule has 0 aromatic carbocycles. The second kappa shape index (κ2) is 7.69. The monoisotopic (exact) mass is 319 g/mol. The number of halogens is 2. The average molecular weight is 319 g/mol. The lowest BCUT2D eigenvalue weighted by molar-refractivity contribution is -0.386. The molecule has 0 aliphatic carbocycles. The number of hydrogen-bond donors (Lipinski definition) is 1. The standard InChI is InChI=1S/C12H19F2N5O3/c1-17(2)4-5-18(3)11-8(15)6-9(19(20)21)12(16-11)22-7-10(13)14/h6,10H,4-5,7,15H2,1-3H3. The molecule has 124 valence electrons. The number of anilines is 2. The molecule has 0 spiro atoms. The zero-order chi connectivity index (χ0) is 16.9. The third kappa shape index (κ3) is 4.95. The smallest absolute Gasteiger partial charge is 0.333 e. The van der Waals surface area contributed by atoms with Crippen LogP contribution in [0.4, 0.5) is 26.0 Å². The van der Waals surface area contributed by atoms with Crippen LogP contribution in [0.2, 0.25) is 0 Å². The Morgan fingerprint density at radius 2 is 2.05 bits per heavy atom. The fourth-order valence-electron chi connectivity index (χ4n) is 1.63. The quantitative estimate of drug-likeness (QED) is 0.568. The van der Waals surface area contributed by atoms with E-state index in [-0.39, 0.29) is 11.5 Å². The van der Waals surface area contributed by atoms with E-state index >= 15 is 0 Å². The number of aromatic nitrogens is 1. The Hall–Kier alpha value is -2.23. The highest BCUT2D eigenvalue weighted by atomic mass is 19.3. The molecule has 0 unspecified atom stereocenters. The van der Waals surface area contributed by atoms with Crippen molar-refractivity contribution in [2.75, 3.05) is 51.5 Å². The lowest BCUT2D eigenvalue weighted by Crippen LogP contribution is -2.29. The summed E-state index contributed by atoms with van der Waals surface area (Å²) in [5.41, 5.74) is 5.31. The van der Waals surface area contributed by atoms with Gasteiger partial charge in [0.25, 0.3) is 12.3 Å². The van der Waals surface area contributed by atoms with Crippen LogP contribution in [0.5, 0.6) is 5.88 Å². The van der Waals surface area contributed by atoms with Crippen molar-refractivity contribution in [3.05, 3.63) is 16.2 Å². The summed E-state index contributed by atoms with van der Waals surface area (Å²) in [6.07, 6.45) is -2.76. The minimum absolute atomic E-state index is 0.0809. The highest BCUT2D eigenvalue weighted by Crippen LogP contribution is 2.32. The number of hydrogen-bond acceptors (Lipinski definition) is 7. The van der Waals surface area contributed by atoms with Crippen molar-refractivity contribution in [1.29, 1.82) is 0 Å². The topological polar surface area (TPSA) is 97.8 Å². The van der Waals surface area contributed by atoms with Gasteiger partial charge in [-0.1, -0.05) is 0 Å². The number of nitrogens with two attached hydrogens (primary N) is 1. The Kier molecular flexibility index (Phi) is 6.23. The summed E-state index contributed by atoms with van der Waals surface area (Å²) in [4.78, 5) is 17.7. The Bertz CT molecular complexity index is 528. The number of pyridine rings is 1. The molecule has 0 amide bonds. The predicted octanol–water partition coefficient (Wildman–Crippen LogP) is 1.21. The predicted molar refractivity (Wildman–Crippen MR) is 78.6 cm³/mol. The average Bonchev–Trinajstić information content (AvgIpc) is 2.42. The van der Waals surface area contributed by atoms with Gasteiger partial charge in [0.1, 0.15) is 0 Å². The van der Waals surface area contributed by atoms with Crippen LogP contribution in [0, 0.1) is 10.1 Å². The summed E-state index contributed by atoms with van der Waals surface area (Å²) in [7, 11) is 5.47. The first kappa shape index (κ1) is 17.8. The number of nitrogens with zero attached hydrogens (tertiary/aromatic N) is 4. The minimum atomic E-state index is -2.76. The number of ether oxygens (including phenoxy) is 1. The molecule has 10 heteroatoms. The maximum Gasteiger partial charge on any atom is 0.333 e. The Morgan fingerprint density at radius 1 is 1.41 bits per heavy atom. The number of nitro groups is 1. The molecule has 2 N–H and O–H groups in total. The maximum atomic E-state index is 12.2. The fraction of sp³-hybridized carbons (Fsp3) is 0.583. The molecule has 0 aliphatic rings. The molecule has 1 aromatic heterocycles. The van der Waals surface area contributed by atoms with E-state index in [1.165, 1.54) is 0 Å². The highest BCUT2D eigenvalue weighted by molar-refractivity contribution is 5.68. The van der Waals surface area contributed by atoms with Crippen molar-refractivity contribution in [3.63, 3.8) is 0 Å². The normalized spacial score (nSPS) is 11.0. The van der Waals surface area contributed by atoms with Crippen LogP contribution in [-0.4, -0.2) is 62.1 Å². The zero-order valence-electron chi connectivity index (χ0n) is 12.6. The Morgan fingerprint density at radius 3 is 2.55 bits per heavy atom. The molecule has 8 nitrogen and oxygen atoms in total. The van der Waals surface area contributed by atoms with E-state index in [0.717, 1.165) is 6.07 Å². The van der Waals surface area contributed by atoms with Gasteiger partial charge in [-0.2, -0.15) is 4.98 Å². The van der Waals surface area contributed by atoms with Crippen molar-refractivity contribution < 1.29 is 18.4 Å². The molecule has 1 rings (SSSR count). The van der Waals surface area contributed by atoms with E-state index < -0.39 is 29.5 Å². The largest absolute Gasteiger partial charge is 0.467 e. The van der Waals surface area contributed by atoms with Gasteiger partial charge in [-0.3, -0.25) is 10.1 Å². The number of alkyl halides is 2. The van der Waals surface area contributed by atoms with Crippen LogP contribution in [0.3, 0.4) is 0 Å². The molecular weight excluding hydrogens is 300 g/mol. The summed E-state index contributed by atoms with van der Waals surface area (Å²) < 4.78 is 29.2. The van der Waals surface area contributed by atoms with Crippen LogP contribution in [0.1, 0.15) is 0 Å². The number of nitrogen functional groups attached to an aromatic ring is 1. The minimum Gasteiger partial charge on any atom is -0.467 e. The van der Waals surface area contributed by atoms with Gasteiger partial charge in [-0.05, 0) is 14.1 Å². The highest BCUT2D eigenvalue weighted by Gasteiger charge is 2.23. The van der Waals surface area contributed by atoms with Crippen molar-refractivity contribution in [3.8, 4) is 5.88 Å². The third-order valence-corrected chi connectivity index (χ3v) is 2.76. The first-order valence-electron chi connectivity index (χ1n) is 6.44. The van der Waals surface area contributed by atoms with Gasteiger partial charge in [0.15, 0.2) is 12.4 Å². The first-order valence-corrected chi connectivity index (χ1v) is 6.44. The van der Waals surface area contributed by atoms with Crippen LogP contribution in [-0.2, 0) is 0 Å². The molecular formula is C12H19F2N5O3. The molecule has 0 aliphatic heterocycles. The second-order valence-electron chi connectivity index (χ2n) is 4.91. The van der Waals surface area contributed by atoms with Crippen molar-refractivity contribution in [2.45, 2.75) is 6.43 Å². The van der Waals surface area contributed by atoms with Gasteiger partial charge in [0, 0.05) is 26.2 Å². The summed E-state index contributed by atoms with van der Waals surface area (Å²) in [6.45, 7) is 0.275. The maximum absolute atomic E-state index is 12.2. The summed E-state index contributed by atoms with van der Waals surface area (Å²) in [5.74, 6) is -0.220. The lowest BCUT2D eigenvalue weighted by atomic mass is 10.3. The molecule has 0 fully saturated rings. The summed E-state index contributed by atoms with van der Waals surface area (Å²) in [5, 5.41) is 10.9. The summed E-state index contributed by atoms with van der Waals surface area (Å²) in [6, 6.07) is 1.06. The second-order valence-corrected chi connectivity index (χ2v) is 4.91. The molecule has 0 saturated carbocycles. The van der Waals surface area contributed by atoms with E-state index in [1.807, 2.05) is 19.0 Å². The van der Waals surface area contributed by atoms with E-state index in [0.29, 0.717) is 13.1 Å². The Balaban J connectivity index is 3.07. The summed E-state index contributed by atoms with van der Waals surface area (Å²) >= 11 is 0. The molecule has 1 heterocycles. The SMILES string of the molecule is CN(C)CCN(C)c1nc(OCC(F)F)c([N+](=O)[O-])cc1N. The van der Waals surface area contributed by atoms with Gasteiger partial charge in [-0.15, -0.1) is 0 Å². The first-order chi connectivity index (χ1) is 10.2. The van der Waals surface area contributed by atoms with Gasteiger partial charge in [0.2, 0.25) is 0 Å². The molecule has 0 radical (unpaired) electrons. The van der Waals surface area contributed by atoms with E-state index in [9.17, 15) is 18.9 Å². The molecule has 0 saturated heterocycles. The van der Waals surface area contributed by atoms with Crippen molar-refractivity contribution in [1.82, 2.24) is 9.88 Å². The lowest BCUT2D eigenvalue weighted by Gasteiger charge is -2.22. The van der Waals surface area contributed by atoms with Crippen molar-refractivity contribution in [2.24, 2.45) is 0 Å². The van der Waals surface area contributed by atoms with E-state index in [4.69, 9.17) is 10.5 Å². The molecule has 0 atom stereocenters.